The summed E-state index contributed by atoms with van der Waals surface area (Å²) >= 11 is 0. The maximum atomic E-state index is 12.6. The molecule has 0 spiro atoms. The van der Waals surface area contributed by atoms with Crippen molar-refractivity contribution in [1.82, 2.24) is 5.43 Å². The maximum Gasteiger partial charge on any atom is 0.235 e. The van der Waals surface area contributed by atoms with E-state index in [2.05, 4.69) is 10.9 Å². The molecule has 3 nitrogen and oxygen atoms in total. The van der Waals surface area contributed by atoms with Crippen LogP contribution in [0.15, 0.2) is 18.2 Å². The molecule has 1 aromatic carbocycles. The summed E-state index contributed by atoms with van der Waals surface area (Å²) < 4.78 is 25.1. The Balaban J connectivity index is 2.71. The molecule has 0 aromatic heterocycles. The summed E-state index contributed by atoms with van der Waals surface area (Å²) in [4.78, 5) is 10.4. The van der Waals surface area contributed by atoms with Gasteiger partial charge in [-0.1, -0.05) is 0 Å². The van der Waals surface area contributed by atoms with Crippen LogP contribution in [-0.2, 0) is 4.79 Å². The van der Waals surface area contributed by atoms with Gasteiger partial charge in [-0.2, -0.15) is 0 Å². The van der Waals surface area contributed by atoms with E-state index in [9.17, 15) is 13.6 Å². The lowest BCUT2D eigenvalue weighted by atomic mass is 10.3. The third kappa shape index (κ3) is 3.06. The van der Waals surface area contributed by atoms with Gasteiger partial charge in [-0.15, -0.1) is 0 Å². The molecule has 1 aromatic rings. The van der Waals surface area contributed by atoms with Crippen molar-refractivity contribution in [3.63, 3.8) is 0 Å². The third-order valence-electron chi connectivity index (χ3n) is 1.25. The van der Waals surface area contributed by atoms with Crippen molar-refractivity contribution in [1.29, 1.82) is 0 Å². The normalized spacial score (nSPS) is 9.46. The van der Waals surface area contributed by atoms with Gasteiger partial charge in [0.1, 0.15) is 11.6 Å². The number of amides is 1. The van der Waals surface area contributed by atoms with Gasteiger partial charge in [0, 0.05) is 13.0 Å². The first-order valence-electron chi connectivity index (χ1n) is 3.56. The average molecular weight is 186 g/mol. The Morgan fingerprint density at radius 2 is 1.77 bits per heavy atom. The number of carbonyl (C=O) groups excluding carboxylic acids is 1. The number of nitrogens with one attached hydrogen (secondary N) is 2. The minimum atomic E-state index is -0.701. The van der Waals surface area contributed by atoms with Crippen LogP contribution in [0, 0.1) is 11.6 Å². The highest BCUT2D eigenvalue weighted by molar-refractivity contribution is 5.74. The number of rotatable bonds is 2. The van der Waals surface area contributed by atoms with Crippen molar-refractivity contribution in [2.75, 3.05) is 5.43 Å². The van der Waals surface area contributed by atoms with Crippen molar-refractivity contribution >= 4 is 11.6 Å². The molecule has 70 valence electrons. The fraction of sp³-hybridized carbons (Fsp3) is 0.125. The number of carbonyl (C=O) groups is 1. The van der Waals surface area contributed by atoms with Crippen LogP contribution in [0.2, 0.25) is 0 Å². The molecule has 0 bridgehead atoms. The molecular formula is C8H8F2N2O. The zero-order chi connectivity index (χ0) is 9.84. The number of hydrogen-bond donors (Lipinski definition) is 2. The van der Waals surface area contributed by atoms with E-state index in [4.69, 9.17) is 0 Å². The van der Waals surface area contributed by atoms with Gasteiger partial charge in [-0.25, -0.2) is 8.78 Å². The van der Waals surface area contributed by atoms with Crippen LogP contribution in [0.5, 0.6) is 0 Å². The Kier molecular flexibility index (Phi) is 2.79. The summed E-state index contributed by atoms with van der Waals surface area (Å²) in [6, 6.07) is 2.89. The minimum Gasteiger partial charge on any atom is -0.298 e. The molecule has 0 radical (unpaired) electrons. The predicted molar refractivity (Wildman–Crippen MR) is 43.8 cm³/mol. The highest BCUT2D eigenvalue weighted by atomic mass is 19.1. The number of hydrogen-bond acceptors (Lipinski definition) is 2. The SMILES string of the molecule is CC(=O)NNc1cc(F)cc(F)c1. The van der Waals surface area contributed by atoms with Gasteiger partial charge in [0.2, 0.25) is 5.91 Å². The molecule has 5 heteroatoms. The molecule has 0 saturated heterocycles. The van der Waals surface area contributed by atoms with Crippen LogP contribution in [-0.4, -0.2) is 5.91 Å². The Morgan fingerprint density at radius 3 is 2.23 bits per heavy atom. The summed E-state index contributed by atoms with van der Waals surface area (Å²) in [5.41, 5.74) is 4.70. The Morgan fingerprint density at radius 1 is 1.23 bits per heavy atom. The zero-order valence-electron chi connectivity index (χ0n) is 6.90. The fourth-order valence-electron chi connectivity index (χ4n) is 0.786. The molecule has 0 aliphatic carbocycles. The van der Waals surface area contributed by atoms with Crippen molar-refractivity contribution in [2.45, 2.75) is 6.92 Å². The third-order valence-corrected chi connectivity index (χ3v) is 1.25. The molecule has 13 heavy (non-hydrogen) atoms. The first-order chi connectivity index (χ1) is 6.08. The largest absolute Gasteiger partial charge is 0.298 e. The van der Waals surface area contributed by atoms with E-state index in [1.165, 1.54) is 6.92 Å². The maximum absolute atomic E-state index is 12.6. The van der Waals surface area contributed by atoms with E-state index in [0.29, 0.717) is 0 Å². The lowest BCUT2D eigenvalue weighted by molar-refractivity contribution is -0.118. The first-order valence-corrected chi connectivity index (χ1v) is 3.56. The second kappa shape index (κ2) is 3.84. The minimum absolute atomic E-state index is 0.160. The zero-order valence-corrected chi connectivity index (χ0v) is 6.90. The van der Waals surface area contributed by atoms with Gasteiger partial charge in [0.15, 0.2) is 0 Å². The van der Waals surface area contributed by atoms with Crippen LogP contribution in [0.3, 0.4) is 0 Å². The van der Waals surface area contributed by atoms with E-state index >= 15 is 0 Å². The summed E-state index contributed by atoms with van der Waals surface area (Å²) in [5.74, 6) is -1.75. The second-order valence-electron chi connectivity index (χ2n) is 2.46. The molecule has 0 unspecified atom stereocenters. The number of benzene rings is 1. The van der Waals surface area contributed by atoms with Crippen molar-refractivity contribution in [3.8, 4) is 0 Å². The Labute approximate surface area is 73.7 Å². The lowest BCUT2D eigenvalue weighted by Gasteiger charge is -2.05. The van der Waals surface area contributed by atoms with Gasteiger partial charge in [-0.05, 0) is 12.1 Å². The highest BCUT2D eigenvalue weighted by Gasteiger charge is 1.99. The van der Waals surface area contributed by atoms with Crippen molar-refractivity contribution < 1.29 is 13.6 Å². The van der Waals surface area contributed by atoms with Gasteiger partial charge >= 0.3 is 0 Å². The lowest BCUT2D eigenvalue weighted by Crippen LogP contribution is -2.26. The van der Waals surface area contributed by atoms with E-state index in [1.807, 2.05) is 0 Å². The van der Waals surface area contributed by atoms with Gasteiger partial charge in [0.05, 0.1) is 5.69 Å². The monoisotopic (exact) mass is 186 g/mol. The van der Waals surface area contributed by atoms with Crippen molar-refractivity contribution in [2.24, 2.45) is 0 Å². The number of halogens is 2. The molecule has 0 aliphatic heterocycles. The van der Waals surface area contributed by atoms with Crippen LogP contribution in [0.25, 0.3) is 0 Å². The number of hydrazine groups is 1. The Bertz CT molecular complexity index is 308. The number of anilines is 1. The van der Waals surface area contributed by atoms with E-state index < -0.39 is 11.6 Å². The summed E-state index contributed by atoms with van der Waals surface area (Å²) in [5, 5.41) is 0. The van der Waals surface area contributed by atoms with Crippen LogP contribution in [0.1, 0.15) is 6.92 Å². The van der Waals surface area contributed by atoms with Gasteiger partial charge in [-0.3, -0.25) is 15.6 Å². The fourth-order valence-corrected chi connectivity index (χ4v) is 0.786. The molecular weight excluding hydrogens is 178 g/mol. The topological polar surface area (TPSA) is 41.1 Å². The molecule has 0 heterocycles. The summed E-state index contributed by atoms with van der Waals surface area (Å²) in [7, 11) is 0. The summed E-state index contributed by atoms with van der Waals surface area (Å²) in [6.45, 7) is 1.28. The molecule has 1 amide bonds. The summed E-state index contributed by atoms with van der Waals surface area (Å²) in [6.07, 6.45) is 0. The van der Waals surface area contributed by atoms with Crippen molar-refractivity contribution in [3.05, 3.63) is 29.8 Å². The standard InChI is InChI=1S/C8H8F2N2O/c1-5(13)11-12-8-3-6(9)2-7(10)4-8/h2-4,12H,1H3,(H,11,13). The molecule has 0 saturated carbocycles. The van der Waals surface area contributed by atoms with Crippen LogP contribution < -0.4 is 10.9 Å². The smallest absolute Gasteiger partial charge is 0.235 e. The molecule has 0 aliphatic rings. The van der Waals surface area contributed by atoms with E-state index in [-0.39, 0.29) is 11.6 Å². The van der Waals surface area contributed by atoms with Gasteiger partial charge in [0.25, 0.3) is 0 Å². The first kappa shape index (κ1) is 9.44. The molecule has 2 N–H and O–H groups in total. The molecule has 0 atom stereocenters. The van der Waals surface area contributed by atoms with Crippen LogP contribution in [0.4, 0.5) is 14.5 Å². The Hall–Kier alpha value is -1.65. The quantitative estimate of drug-likeness (QED) is 0.686. The highest BCUT2D eigenvalue weighted by Crippen LogP contribution is 2.11. The predicted octanol–water partition coefficient (Wildman–Crippen LogP) is 1.43. The van der Waals surface area contributed by atoms with E-state index in [0.717, 1.165) is 18.2 Å². The van der Waals surface area contributed by atoms with Gasteiger partial charge < -0.3 is 0 Å². The second-order valence-corrected chi connectivity index (χ2v) is 2.46. The van der Waals surface area contributed by atoms with E-state index in [1.54, 1.807) is 0 Å². The molecule has 1 rings (SSSR count). The average Bonchev–Trinajstić information content (AvgIpc) is 1.99. The van der Waals surface area contributed by atoms with Crippen LogP contribution >= 0.6 is 0 Å². The molecule has 0 fully saturated rings.